The zero-order chi connectivity index (χ0) is 18.1. The van der Waals surface area contributed by atoms with Crippen LogP contribution in [-0.2, 0) is 11.3 Å². The van der Waals surface area contributed by atoms with Crippen molar-refractivity contribution in [2.24, 2.45) is 0 Å². The molecule has 0 bridgehead atoms. The Morgan fingerprint density at radius 3 is 2.78 bits per heavy atom. The van der Waals surface area contributed by atoms with E-state index in [0.717, 1.165) is 36.0 Å². The monoisotopic (exact) mass is 366 g/mol. The summed E-state index contributed by atoms with van der Waals surface area (Å²) in [6.07, 6.45) is 3.30. The van der Waals surface area contributed by atoms with Crippen molar-refractivity contribution in [3.63, 3.8) is 0 Å². The molecule has 1 aromatic carbocycles. The molecule has 0 atom stereocenters. The first-order valence-electron chi connectivity index (χ1n) is 8.81. The van der Waals surface area contributed by atoms with Crippen LogP contribution in [0, 0.1) is 0 Å². The third kappa shape index (κ3) is 3.17. The van der Waals surface area contributed by atoms with Crippen LogP contribution < -0.4 is 19.7 Å². The third-order valence-electron chi connectivity index (χ3n) is 4.51. The van der Waals surface area contributed by atoms with Crippen LogP contribution in [0.3, 0.4) is 0 Å². The van der Waals surface area contributed by atoms with E-state index in [4.69, 9.17) is 19.2 Å². The van der Waals surface area contributed by atoms with Crippen LogP contribution in [-0.4, -0.2) is 53.0 Å². The van der Waals surface area contributed by atoms with Crippen LogP contribution >= 0.6 is 0 Å². The molecule has 0 radical (unpaired) electrons. The largest absolute Gasteiger partial charge is 0.454 e. The van der Waals surface area contributed by atoms with Gasteiger partial charge >= 0.3 is 0 Å². The minimum Gasteiger partial charge on any atom is -0.454 e. The highest BCUT2D eigenvalue weighted by Gasteiger charge is 2.19. The molecule has 1 N–H and O–H groups in total. The van der Waals surface area contributed by atoms with Gasteiger partial charge in [0.15, 0.2) is 28.5 Å². The van der Waals surface area contributed by atoms with Gasteiger partial charge in [-0.05, 0) is 17.7 Å². The average Bonchev–Trinajstić information content (AvgIpc) is 3.20. The quantitative estimate of drug-likeness (QED) is 0.738. The van der Waals surface area contributed by atoms with E-state index >= 15 is 0 Å². The van der Waals surface area contributed by atoms with Gasteiger partial charge < -0.3 is 24.4 Å². The molecule has 0 spiro atoms. The Morgan fingerprint density at radius 2 is 1.85 bits per heavy atom. The van der Waals surface area contributed by atoms with E-state index in [2.05, 4.69) is 25.2 Å². The minimum atomic E-state index is 0.265. The molecule has 3 aromatic rings. The Labute approximate surface area is 155 Å². The fourth-order valence-corrected chi connectivity index (χ4v) is 3.16. The second kappa shape index (κ2) is 6.84. The number of hydrogen-bond acceptors (Lipinski definition) is 9. The van der Waals surface area contributed by atoms with E-state index in [1.165, 1.54) is 0 Å². The summed E-state index contributed by atoms with van der Waals surface area (Å²) in [4.78, 5) is 20.1. The molecule has 9 nitrogen and oxygen atoms in total. The molecule has 2 aliphatic heterocycles. The van der Waals surface area contributed by atoms with E-state index in [9.17, 15) is 0 Å². The van der Waals surface area contributed by atoms with Crippen molar-refractivity contribution in [3.05, 3.63) is 36.2 Å². The predicted octanol–water partition coefficient (Wildman–Crippen LogP) is 1.60. The molecule has 1 saturated heterocycles. The summed E-state index contributed by atoms with van der Waals surface area (Å²) in [6, 6.07) is 5.86. The number of anilines is 2. The molecular weight excluding hydrogens is 348 g/mol. The number of hydrogen-bond donors (Lipinski definition) is 1. The standard InChI is InChI=1S/C18H18N6O3/c1-2-13-14(27-11-26-13)9-12(1)10-21-18-22-16-15(19-3-4-20-16)17(23-18)24-5-7-25-8-6-24/h1-4,9H,5-8,10-11H2,(H,20,21,22,23). The molecule has 2 aromatic heterocycles. The summed E-state index contributed by atoms with van der Waals surface area (Å²) < 4.78 is 16.2. The van der Waals surface area contributed by atoms with Crippen LogP contribution in [0.15, 0.2) is 30.6 Å². The molecule has 9 heteroatoms. The van der Waals surface area contributed by atoms with Crippen LogP contribution in [0.4, 0.5) is 11.8 Å². The van der Waals surface area contributed by atoms with Crippen LogP contribution in [0.1, 0.15) is 5.56 Å². The van der Waals surface area contributed by atoms with Crippen molar-refractivity contribution < 1.29 is 14.2 Å². The number of rotatable bonds is 4. The van der Waals surface area contributed by atoms with E-state index < -0.39 is 0 Å². The predicted molar refractivity (Wildman–Crippen MR) is 98.1 cm³/mol. The fourth-order valence-electron chi connectivity index (χ4n) is 3.16. The third-order valence-corrected chi connectivity index (χ3v) is 4.51. The minimum absolute atomic E-state index is 0.265. The lowest BCUT2D eigenvalue weighted by molar-refractivity contribution is 0.122. The first kappa shape index (κ1) is 16.0. The summed E-state index contributed by atoms with van der Waals surface area (Å²) in [7, 11) is 0. The van der Waals surface area contributed by atoms with E-state index in [1.54, 1.807) is 12.4 Å². The van der Waals surface area contributed by atoms with Gasteiger partial charge in [-0.3, -0.25) is 0 Å². The second-order valence-corrected chi connectivity index (χ2v) is 6.24. The lowest BCUT2D eigenvalue weighted by Gasteiger charge is -2.28. The van der Waals surface area contributed by atoms with E-state index in [-0.39, 0.29) is 6.79 Å². The number of morpholine rings is 1. The summed E-state index contributed by atoms with van der Waals surface area (Å²) in [5.41, 5.74) is 2.32. The van der Waals surface area contributed by atoms with Crippen LogP contribution in [0.2, 0.25) is 0 Å². The second-order valence-electron chi connectivity index (χ2n) is 6.24. The highest BCUT2D eigenvalue weighted by atomic mass is 16.7. The van der Waals surface area contributed by atoms with Gasteiger partial charge in [-0.15, -0.1) is 0 Å². The number of aromatic nitrogens is 4. The van der Waals surface area contributed by atoms with Gasteiger partial charge in [-0.25, -0.2) is 9.97 Å². The highest BCUT2D eigenvalue weighted by Crippen LogP contribution is 2.32. The smallest absolute Gasteiger partial charge is 0.231 e. The van der Waals surface area contributed by atoms with Crippen molar-refractivity contribution >= 4 is 22.9 Å². The topological polar surface area (TPSA) is 94.5 Å². The zero-order valence-corrected chi connectivity index (χ0v) is 14.6. The summed E-state index contributed by atoms with van der Waals surface area (Å²) in [6.45, 7) is 3.71. The van der Waals surface area contributed by atoms with Crippen molar-refractivity contribution in [3.8, 4) is 11.5 Å². The van der Waals surface area contributed by atoms with E-state index in [0.29, 0.717) is 36.9 Å². The van der Waals surface area contributed by atoms with E-state index in [1.807, 2.05) is 18.2 Å². The summed E-state index contributed by atoms with van der Waals surface area (Å²) in [5.74, 6) is 2.82. The normalized spacial score (nSPS) is 15.9. The Balaban J connectivity index is 1.42. The SMILES string of the molecule is c1cnc2c(N3CCOCC3)nc(NCc3ccc4c(c3)OCO4)nc2n1. The number of fused-ring (bicyclic) bond motifs is 2. The molecule has 0 unspecified atom stereocenters. The van der Waals surface area contributed by atoms with Crippen LogP contribution in [0.25, 0.3) is 11.2 Å². The molecule has 4 heterocycles. The van der Waals surface area contributed by atoms with Gasteiger partial charge in [-0.2, -0.15) is 9.97 Å². The molecule has 2 aliphatic rings. The van der Waals surface area contributed by atoms with Crippen LogP contribution in [0.5, 0.6) is 11.5 Å². The number of ether oxygens (including phenoxy) is 3. The van der Waals surface area contributed by atoms with Crippen molar-refractivity contribution in [1.29, 1.82) is 0 Å². The average molecular weight is 366 g/mol. The Bertz CT molecular complexity index is 976. The Hall–Kier alpha value is -3.20. The first-order valence-corrected chi connectivity index (χ1v) is 8.81. The summed E-state index contributed by atoms with van der Waals surface area (Å²) in [5, 5.41) is 3.28. The lowest BCUT2D eigenvalue weighted by Crippen LogP contribution is -2.37. The molecule has 5 rings (SSSR count). The maximum atomic E-state index is 5.45. The molecule has 1 fully saturated rings. The highest BCUT2D eigenvalue weighted by molar-refractivity contribution is 5.83. The maximum absolute atomic E-state index is 5.45. The lowest BCUT2D eigenvalue weighted by atomic mass is 10.2. The molecule has 0 saturated carbocycles. The maximum Gasteiger partial charge on any atom is 0.231 e. The Kier molecular flexibility index (Phi) is 4.06. The van der Waals surface area contributed by atoms with Crippen molar-refractivity contribution in [2.45, 2.75) is 6.54 Å². The molecule has 0 amide bonds. The molecule has 0 aliphatic carbocycles. The molecular formula is C18H18N6O3. The van der Waals surface area contributed by atoms with Gasteiger partial charge in [0.2, 0.25) is 12.7 Å². The zero-order valence-electron chi connectivity index (χ0n) is 14.6. The molecule has 27 heavy (non-hydrogen) atoms. The Morgan fingerprint density at radius 1 is 1.00 bits per heavy atom. The first-order chi connectivity index (χ1) is 13.4. The van der Waals surface area contributed by atoms with Gasteiger partial charge in [-0.1, -0.05) is 6.07 Å². The summed E-state index contributed by atoms with van der Waals surface area (Å²) >= 11 is 0. The van der Waals surface area contributed by atoms with Gasteiger partial charge in [0.25, 0.3) is 0 Å². The van der Waals surface area contributed by atoms with Crippen molar-refractivity contribution in [1.82, 2.24) is 19.9 Å². The number of nitrogens with one attached hydrogen (secondary N) is 1. The fraction of sp³-hybridized carbons (Fsp3) is 0.333. The molecule has 138 valence electrons. The van der Waals surface area contributed by atoms with Gasteiger partial charge in [0.05, 0.1) is 13.2 Å². The van der Waals surface area contributed by atoms with Gasteiger partial charge in [0.1, 0.15) is 0 Å². The van der Waals surface area contributed by atoms with Gasteiger partial charge in [0, 0.05) is 32.0 Å². The number of benzene rings is 1. The number of nitrogens with zero attached hydrogens (tertiary/aromatic N) is 5. The van der Waals surface area contributed by atoms with Crippen molar-refractivity contribution in [2.75, 3.05) is 43.3 Å².